The van der Waals surface area contributed by atoms with Crippen LogP contribution in [0.4, 0.5) is 0 Å². The number of likely N-dealkylation sites (tertiary alicyclic amines) is 1. The normalized spacial score (nSPS) is 16.4. The van der Waals surface area contributed by atoms with Crippen LogP contribution in [-0.4, -0.2) is 41.8 Å². The van der Waals surface area contributed by atoms with Crippen molar-refractivity contribution in [3.8, 4) is 23.0 Å². The van der Waals surface area contributed by atoms with Crippen molar-refractivity contribution in [1.29, 1.82) is 0 Å². The first-order chi connectivity index (χ1) is 13.6. The van der Waals surface area contributed by atoms with Crippen LogP contribution in [0.5, 0.6) is 11.5 Å². The zero-order valence-electron chi connectivity index (χ0n) is 16.2. The van der Waals surface area contributed by atoms with Gasteiger partial charge in [0.2, 0.25) is 0 Å². The number of ether oxygens (including phenoxy) is 2. The molecule has 1 atom stereocenters. The number of nitrogens with one attached hydrogen (secondary N) is 1. The summed E-state index contributed by atoms with van der Waals surface area (Å²) < 4.78 is 16.4. The van der Waals surface area contributed by atoms with Gasteiger partial charge in [-0.3, -0.25) is 9.89 Å². The van der Waals surface area contributed by atoms with E-state index in [9.17, 15) is 4.79 Å². The Labute approximate surface area is 163 Å². The van der Waals surface area contributed by atoms with Crippen LogP contribution >= 0.6 is 0 Å². The Morgan fingerprint density at radius 2 is 2.07 bits per heavy atom. The van der Waals surface area contributed by atoms with Crippen molar-refractivity contribution in [3.63, 3.8) is 0 Å². The highest BCUT2D eigenvalue weighted by molar-refractivity contribution is 5.93. The third-order valence-electron chi connectivity index (χ3n) is 5.12. The predicted molar refractivity (Wildman–Crippen MR) is 104 cm³/mol. The molecule has 1 saturated heterocycles. The lowest BCUT2D eigenvalue weighted by molar-refractivity contribution is 0.0728. The molecule has 3 aromatic rings. The second-order valence-electron chi connectivity index (χ2n) is 6.84. The molecule has 7 nitrogen and oxygen atoms in total. The van der Waals surface area contributed by atoms with Crippen LogP contribution in [0.15, 0.2) is 40.8 Å². The summed E-state index contributed by atoms with van der Waals surface area (Å²) in [6, 6.07) is 11.1. The second-order valence-corrected chi connectivity index (χ2v) is 6.84. The predicted octanol–water partition coefficient (Wildman–Crippen LogP) is 3.97. The molecule has 0 radical (unpaired) electrons. The Balaban J connectivity index is 1.60. The molecule has 1 aliphatic heterocycles. The van der Waals surface area contributed by atoms with Gasteiger partial charge in [-0.25, -0.2) is 0 Å². The van der Waals surface area contributed by atoms with Crippen molar-refractivity contribution in [2.45, 2.75) is 25.8 Å². The van der Waals surface area contributed by atoms with Gasteiger partial charge in [0.1, 0.15) is 23.0 Å². The van der Waals surface area contributed by atoms with E-state index in [2.05, 4.69) is 10.2 Å². The molecule has 1 fully saturated rings. The summed E-state index contributed by atoms with van der Waals surface area (Å²) in [5.41, 5.74) is 2.05. The third-order valence-corrected chi connectivity index (χ3v) is 5.12. The summed E-state index contributed by atoms with van der Waals surface area (Å²) in [4.78, 5) is 15.0. The van der Waals surface area contributed by atoms with Crippen LogP contribution in [0, 0.1) is 6.92 Å². The van der Waals surface area contributed by atoms with E-state index in [4.69, 9.17) is 13.9 Å². The second kappa shape index (κ2) is 7.42. The molecule has 0 saturated carbocycles. The molecule has 0 aliphatic carbocycles. The van der Waals surface area contributed by atoms with Gasteiger partial charge in [-0.15, -0.1) is 0 Å². The zero-order valence-corrected chi connectivity index (χ0v) is 16.2. The topological polar surface area (TPSA) is 80.6 Å². The maximum atomic E-state index is 13.2. The van der Waals surface area contributed by atoms with Crippen molar-refractivity contribution in [2.75, 3.05) is 20.8 Å². The SMILES string of the molecule is COc1ccc(C2CCCN2C(=O)c2cc(-c3ccc(C)o3)[nH]n2)c(OC)c1. The average molecular weight is 381 g/mol. The Kier molecular flexibility index (Phi) is 4.81. The molecule has 1 aromatic carbocycles. The maximum Gasteiger partial charge on any atom is 0.274 e. The van der Waals surface area contributed by atoms with E-state index in [-0.39, 0.29) is 11.9 Å². The molecule has 1 amide bonds. The van der Waals surface area contributed by atoms with Gasteiger partial charge in [-0.2, -0.15) is 5.10 Å². The first kappa shape index (κ1) is 18.2. The Morgan fingerprint density at radius 3 is 2.79 bits per heavy atom. The van der Waals surface area contributed by atoms with Crippen LogP contribution in [0.2, 0.25) is 0 Å². The zero-order chi connectivity index (χ0) is 19.7. The van der Waals surface area contributed by atoms with E-state index in [1.807, 2.05) is 42.2 Å². The highest BCUT2D eigenvalue weighted by Gasteiger charge is 2.33. The van der Waals surface area contributed by atoms with Gasteiger partial charge in [0.25, 0.3) is 5.91 Å². The average Bonchev–Trinajstić information content (AvgIpc) is 3.46. The van der Waals surface area contributed by atoms with Crippen molar-refractivity contribution in [3.05, 3.63) is 53.4 Å². The molecule has 1 unspecified atom stereocenters. The van der Waals surface area contributed by atoms with Crippen LogP contribution in [0.25, 0.3) is 11.5 Å². The van der Waals surface area contributed by atoms with E-state index in [0.29, 0.717) is 23.7 Å². The third kappa shape index (κ3) is 3.24. The number of aromatic nitrogens is 2. The minimum atomic E-state index is -0.105. The van der Waals surface area contributed by atoms with Crippen LogP contribution < -0.4 is 9.47 Å². The summed E-state index contributed by atoms with van der Waals surface area (Å²) in [5, 5.41) is 7.12. The summed E-state index contributed by atoms with van der Waals surface area (Å²) in [5.74, 6) is 2.81. The number of H-pyrrole nitrogens is 1. The number of hydrogen-bond acceptors (Lipinski definition) is 5. The van der Waals surface area contributed by atoms with Gasteiger partial charge in [-0.05, 0) is 44.0 Å². The summed E-state index contributed by atoms with van der Waals surface area (Å²) in [6.45, 7) is 2.56. The maximum absolute atomic E-state index is 13.2. The standard InChI is InChI=1S/C21H23N3O4/c1-13-6-9-19(28-13)16-12-17(23-22-16)21(25)24-10-4-5-18(24)15-8-7-14(26-2)11-20(15)27-3/h6-9,11-12,18H,4-5,10H2,1-3H3,(H,22,23). The van der Waals surface area contributed by atoms with Crippen molar-refractivity contribution in [1.82, 2.24) is 15.1 Å². The van der Waals surface area contributed by atoms with E-state index in [1.165, 1.54) is 0 Å². The minimum Gasteiger partial charge on any atom is -0.497 e. The Bertz CT molecular complexity index is 991. The van der Waals surface area contributed by atoms with Gasteiger partial charge in [0, 0.05) is 24.2 Å². The molecule has 0 spiro atoms. The first-order valence-corrected chi connectivity index (χ1v) is 9.26. The summed E-state index contributed by atoms with van der Waals surface area (Å²) in [7, 11) is 3.25. The van der Waals surface area contributed by atoms with E-state index < -0.39 is 0 Å². The molecule has 1 aliphatic rings. The van der Waals surface area contributed by atoms with E-state index >= 15 is 0 Å². The van der Waals surface area contributed by atoms with Crippen LogP contribution in [0.1, 0.15) is 40.7 Å². The smallest absolute Gasteiger partial charge is 0.274 e. The number of furan rings is 1. The number of carbonyl (C=O) groups excluding carboxylic acids is 1. The molecule has 2 aromatic heterocycles. The molecule has 3 heterocycles. The lowest BCUT2D eigenvalue weighted by atomic mass is 10.0. The lowest BCUT2D eigenvalue weighted by Crippen LogP contribution is -2.31. The van der Waals surface area contributed by atoms with Crippen LogP contribution in [0.3, 0.4) is 0 Å². The fourth-order valence-electron chi connectivity index (χ4n) is 3.71. The monoisotopic (exact) mass is 381 g/mol. The number of benzene rings is 1. The molecule has 146 valence electrons. The van der Waals surface area contributed by atoms with Crippen LogP contribution in [-0.2, 0) is 0 Å². The summed E-state index contributed by atoms with van der Waals surface area (Å²) >= 11 is 0. The Morgan fingerprint density at radius 1 is 1.21 bits per heavy atom. The van der Waals surface area contributed by atoms with Crippen molar-refractivity contribution < 1.29 is 18.7 Å². The molecular formula is C21H23N3O4. The number of amides is 1. The molecule has 7 heteroatoms. The highest BCUT2D eigenvalue weighted by Crippen LogP contribution is 2.39. The largest absolute Gasteiger partial charge is 0.497 e. The number of methoxy groups -OCH3 is 2. The number of nitrogens with zero attached hydrogens (tertiary/aromatic N) is 2. The number of hydrogen-bond donors (Lipinski definition) is 1. The molecule has 1 N–H and O–H groups in total. The van der Waals surface area contributed by atoms with Gasteiger partial charge in [0.15, 0.2) is 11.5 Å². The number of aromatic amines is 1. The van der Waals surface area contributed by atoms with Crippen molar-refractivity contribution in [2.24, 2.45) is 0 Å². The minimum absolute atomic E-state index is 0.0561. The molecule has 0 bridgehead atoms. The fourth-order valence-corrected chi connectivity index (χ4v) is 3.71. The molecule has 4 rings (SSSR count). The summed E-state index contributed by atoms with van der Waals surface area (Å²) in [6.07, 6.45) is 1.81. The lowest BCUT2D eigenvalue weighted by Gasteiger charge is -2.26. The van der Waals surface area contributed by atoms with E-state index in [1.54, 1.807) is 20.3 Å². The number of carbonyl (C=O) groups is 1. The highest BCUT2D eigenvalue weighted by atomic mass is 16.5. The fraction of sp³-hybridized carbons (Fsp3) is 0.333. The van der Waals surface area contributed by atoms with E-state index in [0.717, 1.165) is 35.7 Å². The van der Waals surface area contributed by atoms with Gasteiger partial charge >= 0.3 is 0 Å². The molecule has 28 heavy (non-hydrogen) atoms. The molecular weight excluding hydrogens is 358 g/mol. The number of aryl methyl sites for hydroxylation is 1. The van der Waals surface area contributed by atoms with Crippen molar-refractivity contribution >= 4 is 5.91 Å². The number of rotatable bonds is 5. The van der Waals surface area contributed by atoms with Gasteiger partial charge < -0.3 is 18.8 Å². The first-order valence-electron chi connectivity index (χ1n) is 9.26. The Hall–Kier alpha value is -3.22. The van der Waals surface area contributed by atoms with Gasteiger partial charge in [0.05, 0.1) is 20.3 Å². The van der Waals surface area contributed by atoms with Gasteiger partial charge in [-0.1, -0.05) is 0 Å². The quantitative estimate of drug-likeness (QED) is 0.723.